The summed E-state index contributed by atoms with van der Waals surface area (Å²) in [5, 5.41) is 12.7. The zero-order valence-electron chi connectivity index (χ0n) is 8.91. The van der Waals surface area contributed by atoms with Crippen LogP contribution in [0, 0.1) is 5.92 Å². The Bertz CT molecular complexity index is 186. The molecule has 2 fully saturated rings. The molecule has 82 valence electrons. The second-order valence-electron chi connectivity index (χ2n) is 4.79. The van der Waals surface area contributed by atoms with Gasteiger partial charge in [-0.3, -0.25) is 0 Å². The monoisotopic (exact) mass is 199 g/mol. The summed E-state index contributed by atoms with van der Waals surface area (Å²) < 4.78 is 5.92. The van der Waals surface area contributed by atoms with Crippen LogP contribution in [0.3, 0.4) is 0 Å². The Morgan fingerprint density at radius 1 is 1.29 bits per heavy atom. The van der Waals surface area contributed by atoms with Crippen molar-refractivity contribution >= 4 is 0 Å². The van der Waals surface area contributed by atoms with Crippen LogP contribution >= 0.6 is 0 Å². The van der Waals surface area contributed by atoms with E-state index in [1.54, 1.807) is 0 Å². The quantitative estimate of drug-likeness (QED) is 0.694. The first-order chi connectivity index (χ1) is 6.75. The molecule has 1 saturated heterocycles. The Labute approximate surface area is 85.8 Å². The first-order valence-corrected chi connectivity index (χ1v) is 5.80. The van der Waals surface area contributed by atoms with E-state index in [-0.39, 0.29) is 12.2 Å². The highest BCUT2D eigenvalue weighted by Crippen LogP contribution is 2.27. The molecule has 1 saturated carbocycles. The molecular formula is C11H21NO2. The second-order valence-corrected chi connectivity index (χ2v) is 4.79. The van der Waals surface area contributed by atoms with Crippen molar-refractivity contribution in [2.24, 2.45) is 5.92 Å². The van der Waals surface area contributed by atoms with Gasteiger partial charge in [0.25, 0.3) is 0 Å². The highest BCUT2D eigenvalue weighted by atomic mass is 16.5. The van der Waals surface area contributed by atoms with Gasteiger partial charge < -0.3 is 15.2 Å². The summed E-state index contributed by atoms with van der Waals surface area (Å²) in [5.41, 5.74) is 0. The van der Waals surface area contributed by atoms with E-state index in [9.17, 15) is 5.11 Å². The lowest BCUT2D eigenvalue weighted by molar-refractivity contribution is -0.0711. The smallest absolute Gasteiger partial charge is 0.0974 e. The highest BCUT2D eigenvalue weighted by molar-refractivity contribution is 4.83. The largest absolute Gasteiger partial charge is 0.389 e. The fourth-order valence-electron chi connectivity index (χ4n) is 2.53. The number of hydrogen-bond donors (Lipinski definition) is 2. The van der Waals surface area contributed by atoms with Crippen molar-refractivity contribution in [1.29, 1.82) is 0 Å². The molecule has 0 aromatic heterocycles. The van der Waals surface area contributed by atoms with Gasteiger partial charge in [0, 0.05) is 13.1 Å². The summed E-state index contributed by atoms with van der Waals surface area (Å²) in [5.74, 6) is 0.792. The van der Waals surface area contributed by atoms with Crippen LogP contribution in [-0.4, -0.2) is 36.5 Å². The molecule has 0 aromatic rings. The summed E-state index contributed by atoms with van der Waals surface area (Å²) in [7, 11) is 0. The lowest BCUT2D eigenvalue weighted by Gasteiger charge is -2.29. The minimum absolute atomic E-state index is 0.0327. The van der Waals surface area contributed by atoms with Crippen molar-refractivity contribution in [2.45, 2.75) is 50.9 Å². The Hall–Kier alpha value is -0.120. The fourth-order valence-corrected chi connectivity index (χ4v) is 2.53. The van der Waals surface area contributed by atoms with Crippen LogP contribution in [0.15, 0.2) is 0 Å². The van der Waals surface area contributed by atoms with Crippen molar-refractivity contribution < 1.29 is 9.84 Å². The maximum atomic E-state index is 9.60. The van der Waals surface area contributed by atoms with Gasteiger partial charge in [0.1, 0.15) is 0 Å². The van der Waals surface area contributed by atoms with E-state index in [1.807, 2.05) is 0 Å². The second kappa shape index (κ2) is 4.60. The maximum Gasteiger partial charge on any atom is 0.0974 e. The zero-order chi connectivity index (χ0) is 9.97. The summed E-state index contributed by atoms with van der Waals surface area (Å²) in [4.78, 5) is 0. The summed E-state index contributed by atoms with van der Waals surface area (Å²) in [6.45, 7) is 3.79. The zero-order valence-corrected chi connectivity index (χ0v) is 8.91. The molecule has 2 unspecified atom stereocenters. The van der Waals surface area contributed by atoms with E-state index in [2.05, 4.69) is 12.2 Å². The SMILES string of the molecule is CC1CCCC(O[C@@H]2CNC[C@H]2O)C1. The molecule has 2 N–H and O–H groups in total. The standard InChI is InChI=1S/C11H21NO2/c1-8-3-2-4-9(5-8)14-11-7-12-6-10(11)13/h8-13H,2-7H2,1H3/t8?,9?,10-,11-/m1/s1. The molecule has 0 aromatic carbocycles. The van der Waals surface area contributed by atoms with Gasteiger partial charge in [-0.1, -0.05) is 19.8 Å². The first kappa shape index (κ1) is 10.4. The molecule has 2 aliphatic rings. The lowest BCUT2D eigenvalue weighted by Crippen LogP contribution is -2.33. The van der Waals surface area contributed by atoms with E-state index in [1.165, 1.54) is 25.7 Å². The summed E-state index contributed by atoms with van der Waals surface area (Å²) in [6.07, 6.45) is 5.08. The van der Waals surface area contributed by atoms with E-state index in [0.29, 0.717) is 12.6 Å². The van der Waals surface area contributed by atoms with Crippen molar-refractivity contribution in [3.05, 3.63) is 0 Å². The third-order valence-electron chi connectivity index (χ3n) is 3.38. The molecule has 1 heterocycles. The van der Waals surface area contributed by atoms with Crippen LogP contribution < -0.4 is 5.32 Å². The van der Waals surface area contributed by atoms with Crippen LogP contribution in [0.5, 0.6) is 0 Å². The van der Waals surface area contributed by atoms with Crippen LogP contribution in [0.25, 0.3) is 0 Å². The maximum absolute atomic E-state index is 9.60. The molecule has 0 bridgehead atoms. The molecular weight excluding hydrogens is 178 g/mol. The topological polar surface area (TPSA) is 41.5 Å². The van der Waals surface area contributed by atoms with Crippen LogP contribution in [0.4, 0.5) is 0 Å². The van der Waals surface area contributed by atoms with Crippen molar-refractivity contribution in [1.82, 2.24) is 5.32 Å². The van der Waals surface area contributed by atoms with E-state index < -0.39 is 0 Å². The Morgan fingerprint density at radius 3 is 2.79 bits per heavy atom. The van der Waals surface area contributed by atoms with Crippen LogP contribution in [-0.2, 0) is 4.74 Å². The van der Waals surface area contributed by atoms with Crippen molar-refractivity contribution in [2.75, 3.05) is 13.1 Å². The van der Waals surface area contributed by atoms with Gasteiger partial charge in [0.15, 0.2) is 0 Å². The lowest BCUT2D eigenvalue weighted by atomic mass is 9.88. The van der Waals surface area contributed by atoms with Gasteiger partial charge in [-0.05, 0) is 18.8 Å². The molecule has 14 heavy (non-hydrogen) atoms. The minimum atomic E-state index is -0.299. The van der Waals surface area contributed by atoms with Crippen molar-refractivity contribution in [3.8, 4) is 0 Å². The average Bonchev–Trinajstić information content (AvgIpc) is 2.52. The third kappa shape index (κ3) is 2.47. The molecule has 1 aliphatic carbocycles. The van der Waals surface area contributed by atoms with E-state index in [0.717, 1.165) is 12.5 Å². The Morgan fingerprint density at radius 2 is 2.14 bits per heavy atom. The molecule has 4 atom stereocenters. The van der Waals surface area contributed by atoms with Crippen molar-refractivity contribution in [3.63, 3.8) is 0 Å². The number of β-amino-alcohol motifs (C(OH)–C–C–N with tert-alkyl or cyclic N) is 1. The van der Waals surface area contributed by atoms with Gasteiger partial charge in [-0.2, -0.15) is 0 Å². The molecule has 3 nitrogen and oxygen atoms in total. The average molecular weight is 199 g/mol. The fraction of sp³-hybridized carbons (Fsp3) is 1.00. The number of aliphatic hydroxyl groups excluding tert-OH is 1. The third-order valence-corrected chi connectivity index (χ3v) is 3.38. The van der Waals surface area contributed by atoms with Gasteiger partial charge in [0.2, 0.25) is 0 Å². The van der Waals surface area contributed by atoms with Gasteiger partial charge in [-0.25, -0.2) is 0 Å². The Kier molecular flexibility index (Phi) is 3.42. The molecule has 0 spiro atoms. The number of nitrogens with one attached hydrogen (secondary N) is 1. The minimum Gasteiger partial charge on any atom is -0.389 e. The van der Waals surface area contributed by atoms with E-state index in [4.69, 9.17) is 4.74 Å². The first-order valence-electron chi connectivity index (χ1n) is 5.80. The van der Waals surface area contributed by atoms with Gasteiger partial charge in [0.05, 0.1) is 18.3 Å². The molecule has 1 aliphatic heterocycles. The summed E-state index contributed by atoms with van der Waals surface area (Å²) in [6, 6.07) is 0. The van der Waals surface area contributed by atoms with Gasteiger partial charge >= 0.3 is 0 Å². The molecule has 0 amide bonds. The van der Waals surface area contributed by atoms with Crippen LogP contribution in [0.1, 0.15) is 32.6 Å². The molecule has 2 rings (SSSR count). The summed E-state index contributed by atoms with van der Waals surface area (Å²) >= 11 is 0. The Balaban J connectivity index is 1.78. The highest BCUT2D eigenvalue weighted by Gasteiger charge is 2.29. The number of hydrogen-bond acceptors (Lipinski definition) is 3. The number of rotatable bonds is 2. The normalized spacial score (nSPS) is 44.1. The number of ether oxygens (including phenoxy) is 1. The van der Waals surface area contributed by atoms with Gasteiger partial charge in [-0.15, -0.1) is 0 Å². The molecule has 0 radical (unpaired) electrons. The van der Waals surface area contributed by atoms with Crippen LogP contribution in [0.2, 0.25) is 0 Å². The predicted molar refractivity (Wildman–Crippen MR) is 55.2 cm³/mol. The predicted octanol–water partition coefficient (Wildman–Crippen LogP) is 0.914. The van der Waals surface area contributed by atoms with E-state index >= 15 is 0 Å². The molecule has 3 heteroatoms. The number of aliphatic hydroxyl groups is 1.